The summed E-state index contributed by atoms with van der Waals surface area (Å²) in [6, 6.07) is 1.62. The van der Waals surface area contributed by atoms with Crippen LogP contribution in [0.5, 0.6) is 0 Å². The smallest absolute Gasteiger partial charge is 0.404 e. The van der Waals surface area contributed by atoms with Gasteiger partial charge in [-0.1, -0.05) is 0 Å². The minimum absolute atomic E-state index is 0.0967. The first-order valence-electron chi connectivity index (χ1n) is 5.75. The molecule has 0 bridgehead atoms. The fourth-order valence-electron chi connectivity index (χ4n) is 1.49. The number of carbonyl (C=O) groups excluding carboxylic acids is 1. The number of amides is 2. The van der Waals surface area contributed by atoms with E-state index in [1.54, 1.807) is 23.0 Å². The Morgan fingerprint density at radius 3 is 2.79 bits per heavy atom. The normalized spacial score (nSPS) is 11.2. The van der Waals surface area contributed by atoms with Crippen LogP contribution in [0.4, 0.5) is 9.18 Å². The van der Waals surface area contributed by atoms with E-state index in [1.807, 2.05) is 6.92 Å². The number of aromatic nitrogens is 1. The summed E-state index contributed by atoms with van der Waals surface area (Å²) in [5, 5.41) is 13.2. The minimum Gasteiger partial charge on any atom is -0.465 e. The molecule has 0 unspecified atom stereocenters. The van der Waals surface area contributed by atoms with Crippen molar-refractivity contribution in [1.82, 2.24) is 15.2 Å². The first kappa shape index (κ1) is 14.7. The van der Waals surface area contributed by atoms with E-state index in [1.165, 1.54) is 0 Å². The van der Waals surface area contributed by atoms with Gasteiger partial charge in [0.1, 0.15) is 0 Å². The molecule has 7 heteroatoms. The summed E-state index contributed by atoms with van der Waals surface area (Å²) in [4.78, 5) is 21.8. The van der Waals surface area contributed by atoms with Crippen LogP contribution in [0.2, 0.25) is 0 Å². The van der Waals surface area contributed by atoms with Gasteiger partial charge in [-0.2, -0.15) is 0 Å². The lowest BCUT2D eigenvalue weighted by Crippen LogP contribution is -2.24. The highest BCUT2D eigenvalue weighted by molar-refractivity contribution is 5.93. The fraction of sp³-hybridized carbons (Fsp3) is 0.333. The van der Waals surface area contributed by atoms with Crippen LogP contribution in [-0.2, 0) is 6.54 Å². The Bertz CT molecular complexity index is 482. The Morgan fingerprint density at radius 2 is 2.21 bits per heavy atom. The number of hydrogen-bond donors (Lipinski definition) is 3. The molecule has 1 rings (SSSR count). The molecular weight excluding hydrogens is 253 g/mol. The average Bonchev–Trinajstić information content (AvgIpc) is 2.83. The van der Waals surface area contributed by atoms with Gasteiger partial charge in [-0.3, -0.25) is 4.79 Å². The van der Waals surface area contributed by atoms with Crippen LogP contribution in [-0.4, -0.2) is 34.8 Å². The van der Waals surface area contributed by atoms with Gasteiger partial charge >= 0.3 is 6.09 Å². The topological polar surface area (TPSA) is 83.4 Å². The lowest BCUT2D eigenvalue weighted by Gasteiger charge is -2.07. The van der Waals surface area contributed by atoms with Crippen molar-refractivity contribution in [1.29, 1.82) is 0 Å². The van der Waals surface area contributed by atoms with Gasteiger partial charge in [-0.15, -0.1) is 0 Å². The SMILES string of the molecule is CCNC(=O)c1ccn(C/C(=C/F)CNC(=O)O)c1. The molecule has 0 aromatic carbocycles. The Balaban J connectivity index is 2.61. The Labute approximate surface area is 109 Å². The Hall–Kier alpha value is -2.31. The second kappa shape index (κ2) is 7.20. The lowest BCUT2D eigenvalue weighted by molar-refractivity contribution is 0.0955. The van der Waals surface area contributed by atoms with Crippen molar-refractivity contribution < 1.29 is 19.1 Å². The Kier molecular flexibility index (Phi) is 5.59. The van der Waals surface area contributed by atoms with E-state index in [0.717, 1.165) is 0 Å². The molecule has 1 aromatic heterocycles. The largest absolute Gasteiger partial charge is 0.465 e. The zero-order valence-electron chi connectivity index (χ0n) is 10.5. The third-order valence-electron chi connectivity index (χ3n) is 2.36. The molecule has 0 aliphatic rings. The number of carbonyl (C=O) groups is 2. The number of nitrogens with one attached hydrogen (secondary N) is 2. The molecule has 0 fully saturated rings. The molecule has 0 aliphatic carbocycles. The molecule has 0 atom stereocenters. The molecule has 19 heavy (non-hydrogen) atoms. The van der Waals surface area contributed by atoms with Gasteiger partial charge in [0, 0.05) is 32.0 Å². The summed E-state index contributed by atoms with van der Waals surface area (Å²) in [5.41, 5.74) is 0.742. The quantitative estimate of drug-likeness (QED) is 0.729. The van der Waals surface area contributed by atoms with Crippen LogP contribution in [0.15, 0.2) is 30.4 Å². The van der Waals surface area contributed by atoms with Gasteiger partial charge in [0.2, 0.25) is 0 Å². The van der Waals surface area contributed by atoms with Gasteiger partial charge in [0.15, 0.2) is 0 Å². The van der Waals surface area contributed by atoms with Crippen molar-refractivity contribution in [3.05, 3.63) is 35.9 Å². The molecule has 0 radical (unpaired) electrons. The van der Waals surface area contributed by atoms with E-state index >= 15 is 0 Å². The summed E-state index contributed by atoms with van der Waals surface area (Å²) < 4.78 is 14.2. The van der Waals surface area contributed by atoms with E-state index in [4.69, 9.17) is 5.11 Å². The van der Waals surface area contributed by atoms with Crippen molar-refractivity contribution in [2.75, 3.05) is 13.1 Å². The third kappa shape index (κ3) is 4.82. The van der Waals surface area contributed by atoms with Gasteiger partial charge in [0.25, 0.3) is 5.91 Å². The number of hydrogen-bond acceptors (Lipinski definition) is 2. The monoisotopic (exact) mass is 269 g/mol. The molecule has 0 saturated heterocycles. The van der Waals surface area contributed by atoms with Gasteiger partial charge in [0.05, 0.1) is 11.9 Å². The predicted octanol–water partition coefficient (Wildman–Crippen LogP) is 1.36. The lowest BCUT2D eigenvalue weighted by atomic mass is 10.3. The highest BCUT2D eigenvalue weighted by Gasteiger charge is 2.07. The van der Waals surface area contributed by atoms with Crippen molar-refractivity contribution in [3.8, 4) is 0 Å². The van der Waals surface area contributed by atoms with Crippen LogP contribution in [0, 0.1) is 0 Å². The number of rotatable bonds is 6. The number of nitrogens with zero attached hydrogens (tertiary/aromatic N) is 1. The van der Waals surface area contributed by atoms with E-state index < -0.39 is 6.09 Å². The zero-order chi connectivity index (χ0) is 14.3. The second-order valence-electron chi connectivity index (χ2n) is 3.86. The van der Waals surface area contributed by atoms with Crippen molar-refractivity contribution >= 4 is 12.0 Å². The van der Waals surface area contributed by atoms with Crippen LogP contribution in [0.3, 0.4) is 0 Å². The van der Waals surface area contributed by atoms with E-state index in [-0.39, 0.29) is 24.6 Å². The number of carboxylic acid groups (broad SMARTS) is 1. The highest BCUT2D eigenvalue weighted by atomic mass is 19.1. The molecule has 0 saturated carbocycles. The second-order valence-corrected chi connectivity index (χ2v) is 3.86. The van der Waals surface area contributed by atoms with Crippen LogP contribution >= 0.6 is 0 Å². The average molecular weight is 269 g/mol. The molecule has 1 aromatic rings. The zero-order valence-corrected chi connectivity index (χ0v) is 10.5. The maximum Gasteiger partial charge on any atom is 0.404 e. The summed E-state index contributed by atoms with van der Waals surface area (Å²) in [6.45, 7) is 2.43. The van der Waals surface area contributed by atoms with Gasteiger partial charge < -0.3 is 20.3 Å². The van der Waals surface area contributed by atoms with Crippen molar-refractivity contribution in [2.24, 2.45) is 0 Å². The molecule has 6 nitrogen and oxygen atoms in total. The van der Waals surface area contributed by atoms with Gasteiger partial charge in [-0.25, -0.2) is 9.18 Å². The summed E-state index contributed by atoms with van der Waals surface area (Å²) in [6.07, 6.45) is 2.36. The highest BCUT2D eigenvalue weighted by Crippen LogP contribution is 2.05. The molecule has 3 N–H and O–H groups in total. The molecule has 0 spiro atoms. The van der Waals surface area contributed by atoms with Crippen molar-refractivity contribution in [3.63, 3.8) is 0 Å². The minimum atomic E-state index is -1.21. The number of halogens is 1. The van der Waals surface area contributed by atoms with Crippen LogP contribution in [0.1, 0.15) is 17.3 Å². The van der Waals surface area contributed by atoms with E-state index in [0.29, 0.717) is 18.4 Å². The summed E-state index contributed by atoms with van der Waals surface area (Å²) in [7, 11) is 0. The molecule has 0 aliphatic heterocycles. The molecular formula is C12H16FN3O3. The third-order valence-corrected chi connectivity index (χ3v) is 2.36. The maximum atomic E-state index is 12.6. The maximum absolute atomic E-state index is 12.6. The summed E-state index contributed by atoms with van der Waals surface area (Å²) in [5.74, 6) is -0.198. The van der Waals surface area contributed by atoms with E-state index in [9.17, 15) is 14.0 Å². The molecule has 2 amide bonds. The molecule has 1 heterocycles. The van der Waals surface area contributed by atoms with Crippen molar-refractivity contribution in [2.45, 2.75) is 13.5 Å². The first-order valence-corrected chi connectivity index (χ1v) is 5.75. The van der Waals surface area contributed by atoms with Crippen LogP contribution in [0.25, 0.3) is 0 Å². The standard InChI is InChI=1S/C12H16FN3O3/c1-2-14-11(17)10-3-4-16(8-10)7-9(5-13)6-15-12(18)19/h3-5,8,15H,2,6-7H2,1H3,(H,14,17)(H,18,19)/b9-5+. The first-order chi connectivity index (χ1) is 9.06. The predicted molar refractivity (Wildman–Crippen MR) is 67.7 cm³/mol. The molecule has 104 valence electrons. The Morgan fingerprint density at radius 1 is 1.47 bits per heavy atom. The van der Waals surface area contributed by atoms with Gasteiger partial charge in [-0.05, 0) is 18.6 Å². The fourth-order valence-corrected chi connectivity index (χ4v) is 1.49. The van der Waals surface area contributed by atoms with E-state index in [2.05, 4.69) is 10.6 Å². The van der Waals surface area contributed by atoms with Crippen LogP contribution < -0.4 is 10.6 Å². The summed E-state index contributed by atoms with van der Waals surface area (Å²) >= 11 is 0.